The molecular formula is C21H22N2O3S. The average molecular weight is 382 g/mol. The Kier molecular flexibility index (Phi) is 5.56. The Bertz CT molecular complexity index is 1090. The fourth-order valence-electron chi connectivity index (χ4n) is 2.90. The van der Waals surface area contributed by atoms with Crippen molar-refractivity contribution in [3.63, 3.8) is 0 Å². The summed E-state index contributed by atoms with van der Waals surface area (Å²) in [5.74, 6) is -0.666. The highest BCUT2D eigenvalue weighted by Gasteiger charge is 2.14. The summed E-state index contributed by atoms with van der Waals surface area (Å²) in [6.07, 6.45) is 0. The predicted octanol–water partition coefficient (Wildman–Crippen LogP) is 3.93. The van der Waals surface area contributed by atoms with Gasteiger partial charge in [0, 0.05) is 5.56 Å². The van der Waals surface area contributed by atoms with Gasteiger partial charge in [-0.2, -0.15) is 4.99 Å². The summed E-state index contributed by atoms with van der Waals surface area (Å²) in [6, 6.07) is 11.4. The van der Waals surface area contributed by atoms with Crippen molar-refractivity contribution in [3.8, 4) is 0 Å². The smallest absolute Gasteiger partial charge is 0.326 e. The van der Waals surface area contributed by atoms with E-state index in [1.54, 1.807) is 17.6 Å². The van der Waals surface area contributed by atoms with Gasteiger partial charge in [0.05, 0.1) is 16.8 Å². The van der Waals surface area contributed by atoms with E-state index in [9.17, 15) is 9.59 Å². The molecule has 0 aliphatic carbocycles. The number of esters is 1. The molecule has 3 rings (SSSR count). The van der Waals surface area contributed by atoms with E-state index in [4.69, 9.17) is 4.74 Å². The third-order valence-corrected chi connectivity index (χ3v) is 5.49. The molecule has 1 amide bonds. The van der Waals surface area contributed by atoms with Crippen LogP contribution in [0, 0.1) is 20.8 Å². The molecule has 0 bridgehead atoms. The number of para-hydroxylation sites is 1. The van der Waals surface area contributed by atoms with E-state index in [1.165, 1.54) is 11.3 Å². The molecule has 0 aliphatic rings. The molecule has 5 nitrogen and oxygen atoms in total. The van der Waals surface area contributed by atoms with E-state index in [0.717, 1.165) is 26.9 Å². The third-order valence-electron chi connectivity index (χ3n) is 4.45. The van der Waals surface area contributed by atoms with Gasteiger partial charge in [-0.1, -0.05) is 29.5 Å². The summed E-state index contributed by atoms with van der Waals surface area (Å²) in [5, 5.41) is 0. The lowest BCUT2D eigenvalue weighted by molar-refractivity contribution is -0.143. The van der Waals surface area contributed by atoms with Gasteiger partial charge < -0.3 is 9.30 Å². The molecule has 1 heterocycles. The average Bonchev–Trinajstić information content (AvgIpc) is 2.96. The second kappa shape index (κ2) is 7.88. The lowest BCUT2D eigenvalue weighted by atomic mass is 10.1. The number of rotatable bonds is 4. The summed E-state index contributed by atoms with van der Waals surface area (Å²) in [5.41, 5.74) is 4.63. The molecule has 0 N–H and O–H groups in total. The Morgan fingerprint density at radius 3 is 2.56 bits per heavy atom. The largest absolute Gasteiger partial charge is 0.465 e. The van der Waals surface area contributed by atoms with Crippen molar-refractivity contribution in [3.05, 3.63) is 63.5 Å². The Labute approximate surface area is 161 Å². The minimum Gasteiger partial charge on any atom is -0.465 e. The number of amides is 1. The molecule has 3 aromatic rings. The second-order valence-electron chi connectivity index (χ2n) is 6.41. The van der Waals surface area contributed by atoms with Gasteiger partial charge in [-0.3, -0.25) is 9.59 Å². The van der Waals surface area contributed by atoms with Crippen LogP contribution in [0.25, 0.3) is 10.2 Å². The van der Waals surface area contributed by atoms with Gasteiger partial charge >= 0.3 is 5.97 Å². The van der Waals surface area contributed by atoms with E-state index < -0.39 is 0 Å². The summed E-state index contributed by atoms with van der Waals surface area (Å²) in [7, 11) is 0. The van der Waals surface area contributed by atoms with E-state index >= 15 is 0 Å². The van der Waals surface area contributed by atoms with Gasteiger partial charge in [0.1, 0.15) is 6.54 Å². The molecule has 27 heavy (non-hydrogen) atoms. The fourth-order valence-corrected chi connectivity index (χ4v) is 4.01. The molecular weight excluding hydrogens is 360 g/mol. The molecule has 140 valence electrons. The topological polar surface area (TPSA) is 60.7 Å². The molecule has 0 saturated carbocycles. The lowest BCUT2D eigenvalue weighted by Gasteiger charge is -2.07. The molecule has 0 unspecified atom stereocenters. The minimum atomic E-state index is -0.347. The van der Waals surface area contributed by atoms with Crippen LogP contribution in [0.2, 0.25) is 0 Å². The normalized spacial score (nSPS) is 11.8. The maximum Gasteiger partial charge on any atom is 0.326 e. The highest BCUT2D eigenvalue weighted by molar-refractivity contribution is 7.16. The van der Waals surface area contributed by atoms with Crippen LogP contribution >= 0.6 is 11.3 Å². The number of ether oxygens (including phenoxy) is 1. The van der Waals surface area contributed by atoms with E-state index in [2.05, 4.69) is 4.99 Å². The van der Waals surface area contributed by atoms with Gasteiger partial charge in [0.15, 0.2) is 4.80 Å². The number of benzene rings is 2. The van der Waals surface area contributed by atoms with Gasteiger partial charge in [-0.05, 0) is 62.6 Å². The maximum atomic E-state index is 12.7. The number of hydrogen-bond donors (Lipinski definition) is 0. The number of carbonyl (C=O) groups is 2. The Hall–Kier alpha value is -2.73. The molecule has 0 radical (unpaired) electrons. The van der Waals surface area contributed by atoms with Crippen molar-refractivity contribution in [1.82, 2.24) is 4.57 Å². The maximum absolute atomic E-state index is 12.7. The first-order chi connectivity index (χ1) is 12.9. The van der Waals surface area contributed by atoms with Crippen molar-refractivity contribution in [1.29, 1.82) is 0 Å². The van der Waals surface area contributed by atoms with Crippen LogP contribution in [0.15, 0.2) is 41.4 Å². The van der Waals surface area contributed by atoms with Crippen molar-refractivity contribution in [2.24, 2.45) is 4.99 Å². The number of thiazole rings is 1. The molecule has 0 aliphatic heterocycles. The zero-order chi connectivity index (χ0) is 19.6. The van der Waals surface area contributed by atoms with E-state index in [0.29, 0.717) is 17.0 Å². The molecule has 0 saturated heterocycles. The van der Waals surface area contributed by atoms with Crippen molar-refractivity contribution in [2.75, 3.05) is 6.61 Å². The quantitative estimate of drug-likeness (QED) is 0.642. The minimum absolute atomic E-state index is 0.0255. The number of carbonyl (C=O) groups excluding carboxylic acids is 2. The summed E-state index contributed by atoms with van der Waals surface area (Å²) >= 11 is 1.40. The monoisotopic (exact) mass is 382 g/mol. The first-order valence-corrected chi connectivity index (χ1v) is 9.63. The van der Waals surface area contributed by atoms with Crippen molar-refractivity contribution < 1.29 is 14.3 Å². The first kappa shape index (κ1) is 19.0. The molecule has 0 fully saturated rings. The lowest BCUT2D eigenvalue weighted by Crippen LogP contribution is -2.23. The Morgan fingerprint density at radius 2 is 1.85 bits per heavy atom. The van der Waals surface area contributed by atoms with Crippen LogP contribution in [-0.2, 0) is 16.1 Å². The standard InChI is InChI=1S/C21H22N2O3S/c1-5-26-18(24)12-23-19-14(3)7-6-8-17(19)27-21(23)22-20(25)16-10-9-13(2)15(4)11-16/h6-11H,5,12H2,1-4H3. The number of nitrogens with zero attached hydrogens (tertiary/aromatic N) is 2. The molecule has 6 heteroatoms. The fraction of sp³-hybridized carbons (Fsp3) is 0.286. The van der Waals surface area contributed by atoms with E-state index in [-0.39, 0.29) is 18.4 Å². The van der Waals surface area contributed by atoms with Crippen molar-refractivity contribution in [2.45, 2.75) is 34.2 Å². The van der Waals surface area contributed by atoms with Crippen LogP contribution in [0.1, 0.15) is 34.0 Å². The van der Waals surface area contributed by atoms with Crippen molar-refractivity contribution >= 4 is 33.4 Å². The summed E-state index contributed by atoms with van der Waals surface area (Å²) in [4.78, 5) is 29.6. The van der Waals surface area contributed by atoms with Crippen LogP contribution in [0.3, 0.4) is 0 Å². The summed E-state index contributed by atoms with van der Waals surface area (Å²) < 4.78 is 7.84. The number of hydrogen-bond acceptors (Lipinski definition) is 4. The van der Waals surface area contributed by atoms with Gasteiger partial charge in [-0.15, -0.1) is 0 Å². The molecule has 1 aromatic heterocycles. The van der Waals surface area contributed by atoms with E-state index in [1.807, 2.05) is 51.1 Å². The highest BCUT2D eigenvalue weighted by Crippen LogP contribution is 2.21. The Morgan fingerprint density at radius 1 is 1.07 bits per heavy atom. The third kappa shape index (κ3) is 4.01. The SMILES string of the molecule is CCOC(=O)Cn1c(=NC(=O)c2ccc(C)c(C)c2)sc2cccc(C)c21. The highest BCUT2D eigenvalue weighted by atomic mass is 32.1. The molecule has 0 atom stereocenters. The summed E-state index contributed by atoms with van der Waals surface area (Å²) in [6.45, 7) is 8.06. The van der Waals surface area contributed by atoms with Gasteiger partial charge in [-0.25, -0.2) is 0 Å². The van der Waals surface area contributed by atoms with Crippen LogP contribution < -0.4 is 4.80 Å². The zero-order valence-corrected chi connectivity index (χ0v) is 16.7. The zero-order valence-electron chi connectivity index (χ0n) is 15.9. The Balaban J connectivity index is 2.13. The van der Waals surface area contributed by atoms with Crippen LogP contribution in [-0.4, -0.2) is 23.1 Å². The van der Waals surface area contributed by atoms with Crippen LogP contribution in [0.4, 0.5) is 0 Å². The number of aryl methyl sites for hydroxylation is 3. The number of aromatic nitrogens is 1. The van der Waals surface area contributed by atoms with Crippen LogP contribution in [0.5, 0.6) is 0 Å². The molecule has 2 aromatic carbocycles. The first-order valence-electron chi connectivity index (χ1n) is 8.81. The predicted molar refractivity (Wildman–Crippen MR) is 107 cm³/mol. The second-order valence-corrected chi connectivity index (χ2v) is 7.42. The molecule has 0 spiro atoms. The number of fused-ring (bicyclic) bond motifs is 1. The van der Waals surface area contributed by atoms with Gasteiger partial charge in [0.25, 0.3) is 5.91 Å². The van der Waals surface area contributed by atoms with Gasteiger partial charge in [0.2, 0.25) is 0 Å².